The largest absolute Gasteiger partial charge is 0.453 e. The lowest BCUT2D eigenvalue weighted by molar-refractivity contribution is -0.165. The summed E-state index contributed by atoms with van der Waals surface area (Å²) in [6.45, 7) is 1.69. The normalized spacial score (nSPS) is 28.8. The Bertz CT molecular complexity index is 1240. The molecule has 0 radical (unpaired) electrons. The summed E-state index contributed by atoms with van der Waals surface area (Å²) in [5.74, 6) is 1.68. The second-order valence-corrected chi connectivity index (χ2v) is 10.6. The van der Waals surface area contributed by atoms with Crippen molar-refractivity contribution >= 4 is 33.6 Å². The average molecular weight is 444 g/mol. The second kappa shape index (κ2) is 7.54. The molecule has 1 aromatic heterocycles. The first-order valence-electron chi connectivity index (χ1n) is 12.2. The molecule has 0 amide bonds. The van der Waals surface area contributed by atoms with Gasteiger partial charge in [-0.3, -0.25) is 14.4 Å². The van der Waals surface area contributed by atoms with Crippen molar-refractivity contribution in [3.8, 4) is 0 Å². The fraction of sp³-hybridized carbons (Fsp3) is 0.464. The van der Waals surface area contributed by atoms with Crippen LogP contribution in [0.15, 0.2) is 53.3 Å². The van der Waals surface area contributed by atoms with Gasteiger partial charge in [-0.15, -0.1) is 0 Å². The monoisotopic (exact) mass is 443 g/mol. The predicted octanol–water partition coefficient (Wildman–Crippen LogP) is 4.87. The standard InChI is InChI=1S/C28H29NO4/c1-17(27(32)28-13-18-10-19(14-28)12-20(11-18)15-28)33-25(30)16-29-23-8-4-2-6-21(23)26(31)22-7-3-5-9-24(22)29/h2-9,17-20H,10-16H2,1H3. The number of fused-ring (bicyclic) bond motifs is 2. The van der Waals surface area contributed by atoms with Gasteiger partial charge < -0.3 is 9.30 Å². The van der Waals surface area contributed by atoms with Gasteiger partial charge in [-0.05, 0) is 87.5 Å². The van der Waals surface area contributed by atoms with Gasteiger partial charge in [0, 0.05) is 16.2 Å². The van der Waals surface area contributed by atoms with E-state index < -0.39 is 12.1 Å². The number of nitrogens with zero attached hydrogens (tertiary/aromatic N) is 1. The van der Waals surface area contributed by atoms with E-state index in [1.807, 2.05) is 41.0 Å². The van der Waals surface area contributed by atoms with Crippen molar-refractivity contribution in [2.75, 3.05) is 0 Å². The summed E-state index contributed by atoms with van der Waals surface area (Å²) in [5, 5.41) is 1.14. The molecular formula is C28H29NO4. The first kappa shape index (κ1) is 20.6. The quantitative estimate of drug-likeness (QED) is 0.417. The molecule has 2 aromatic carbocycles. The van der Waals surface area contributed by atoms with E-state index in [2.05, 4.69) is 0 Å². The minimum absolute atomic E-state index is 0.0419. The van der Waals surface area contributed by atoms with Crippen LogP contribution in [0.2, 0.25) is 0 Å². The maximum Gasteiger partial charge on any atom is 0.326 e. The third kappa shape index (κ3) is 3.32. The number of pyridine rings is 1. The fourth-order valence-electron chi connectivity index (χ4n) is 7.51. The molecule has 4 aliphatic carbocycles. The summed E-state index contributed by atoms with van der Waals surface area (Å²) in [6, 6.07) is 14.6. The molecule has 33 heavy (non-hydrogen) atoms. The Kier molecular flexibility index (Phi) is 4.72. The maximum atomic E-state index is 13.5. The van der Waals surface area contributed by atoms with E-state index in [9.17, 15) is 14.4 Å². The minimum atomic E-state index is -0.745. The molecule has 7 rings (SSSR count). The van der Waals surface area contributed by atoms with Gasteiger partial charge in [-0.1, -0.05) is 24.3 Å². The van der Waals surface area contributed by atoms with Crippen LogP contribution >= 0.6 is 0 Å². The molecule has 1 atom stereocenters. The smallest absolute Gasteiger partial charge is 0.326 e. The molecule has 1 heterocycles. The van der Waals surface area contributed by atoms with Gasteiger partial charge in [0.05, 0.1) is 11.0 Å². The number of hydrogen-bond donors (Lipinski definition) is 0. The molecule has 1 unspecified atom stereocenters. The van der Waals surface area contributed by atoms with Crippen LogP contribution in [0.3, 0.4) is 0 Å². The fourth-order valence-corrected chi connectivity index (χ4v) is 7.51. The first-order valence-corrected chi connectivity index (χ1v) is 12.2. The molecular weight excluding hydrogens is 414 g/mol. The number of rotatable bonds is 5. The highest BCUT2D eigenvalue weighted by atomic mass is 16.5. The molecule has 4 bridgehead atoms. The lowest BCUT2D eigenvalue weighted by atomic mass is 9.48. The van der Waals surface area contributed by atoms with Gasteiger partial charge in [0.25, 0.3) is 0 Å². The van der Waals surface area contributed by atoms with Gasteiger partial charge in [0.1, 0.15) is 6.54 Å². The van der Waals surface area contributed by atoms with E-state index in [0.29, 0.717) is 39.6 Å². The van der Waals surface area contributed by atoms with Crippen molar-refractivity contribution in [2.24, 2.45) is 23.2 Å². The molecule has 0 spiro atoms. The molecule has 4 aliphatic rings. The van der Waals surface area contributed by atoms with Crippen molar-refractivity contribution in [1.29, 1.82) is 0 Å². The minimum Gasteiger partial charge on any atom is -0.453 e. The summed E-state index contributed by atoms with van der Waals surface area (Å²) in [4.78, 5) is 39.5. The van der Waals surface area contributed by atoms with Crippen molar-refractivity contribution in [1.82, 2.24) is 4.57 Å². The Labute approximate surface area is 192 Å². The lowest BCUT2D eigenvalue weighted by Gasteiger charge is -2.56. The van der Waals surface area contributed by atoms with Crippen molar-refractivity contribution in [3.63, 3.8) is 0 Å². The molecule has 170 valence electrons. The summed E-state index contributed by atoms with van der Waals surface area (Å²) in [6.07, 6.45) is 5.97. The Morgan fingerprint density at radius 3 is 1.91 bits per heavy atom. The highest BCUT2D eigenvalue weighted by molar-refractivity contribution is 5.95. The van der Waals surface area contributed by atoms with E-state index in [1.54, 1.807) is 19.1 Å². The van der Waals surface area contributed by atoms with Gasteiger partial charge in [-0.2, -0.15) is 0 Å². The van der Waals surface area contributed by atoms with Gasteiger partial charge in [0.15, 0.2) is 17.3 Å². The number of para-hydroxylation sites is 2. The number of aromatic nitrogens is 1. The Morgan fingerprint density at radius 1 is 0.909 bits per heavy atom. The van der Waals surface area contributed by atoms with Gasteiger partial charge in [0.2, 0.25) is 0 Å². The van der Waals surface area contributed by atoms with Crippen LogP contribution in [0.5, 0.6) is 0 Å². The SMILES string of the molecule is CC(OC(=O)Cn1c2ccccc2c(=O)c2ccccc21)C(=O)C12CC3CC(CC(C3)C1)C2. The van der Waals surface area contributed by atoms with Crippen LogP contribution in [0.4, 0.5) is 0 Å². The zero-order valence-corrected chi connectivity index (χ0v) is 19.0. The first-order chi connectivity index (χ1) is 15.9. The molecule has 4 fully saturated rings. The zero-order chi connectivity index (χ0) is 22.7. The maximum absolute atomic E-state index is 13.5. The van der Waals surface area contributed by atoms with Crippen LogP contribution in [0.25, 0.3) is 21.8 Å². The van der Waals surface area contributed by atoms with Crippen LogP contribution < -0.4 is 5.43 Å². The van der Waals surface area contributed by atoms with Crippen LogP contribution in [0, 0.1) is 23.2 Å². The van der Waals surface area contributed by atoms with E-state index >= 15 is 0 Å². The highest BCUT2D eigenvalue weighted by Gasteiger charge is 2.55. The van der Waals surface area contributed by atoms with E-state index in [0.717, 1.165) is 19.3 Å². The Balaban J connectivity index is 1.27. The van der Waals surface area contributed by atoms with Gasteiger partial charge >= 0.3 is 5.97 Å². The number of carbonyl (C=O) groups is 2. The lowest BCUT2D eigenvalue weighted by Crippen LogP contribution is -2.52. The molecule has 0 aliphatic heterocycles. The van der Waals surface area contributed by atoms with Crippen molar-refractivity contribution in [3.05, 3.63) is 58.8 Å². The van der Waals surface area contributed by atoms with Crippen molar-refractivity contribution in [2.45, 2.75) is 58.1 Å². The third-order valence-electron chi connectivity index (χ3n) is 8.40. The summed E-state index contributed by atoms with van der Waals surface area (Å²) in [5.41, 5.74) is 1.05. The topological polar surface area (TPSA) is 65.4 Å². The number of ether oxygens (including phenoxy) is 1. The molecule has 3 aromatic rings. The summed E-state index contributed by atoms with van der Waals surface area (Å²) < 4.78 is 7.58. The second-order valence-electron chi connectivity index (χ2n) is 10.6. The molecule has 4 saturated carbocycles. The molecule has 0 N–H and O–H groups in total. The predicted molar refractivity (Wildman–Crippen MR) is 127 cm³/mol. The number of benzene rings is 2. The van der Waals surface area contributed by atoms with Crippen LogP contribution in [-0.4, -0.2) is 22.4 Å². The Morgan fingerprint density at radius 2 is 1.39 bits per heavy atom. The van der Waals surface area contributed by atoms with E-state index in [1.165, 1.54) is 19.3 Å². The molecule has 5 nitrogen and oxygen atoms in total. The van der Waals surface area contributed by atoms with Crippen LogP contribution in [0.1, 0.15) is 45.4 Å². The number of esters is 1. The van der Waals surface area contributed by atoms with E-state index in [4.69, 9.17) is 4.74 Å². The summed E-state index contributed by atoms with van der Waals surface area (Å²) >= 11 is 0. The van der Waals surface area contributed by atoms with Crippen LogP contribution in [-0.2, 0) is 20.9 Å². The summed E-state index contributed by atoms with van der Waals surface area (Å²) in [7, 11) is 0. The van der Waals surface area contributed by atoms with Crippen molar-refractivity contribution < 1.29 is 14.3 Å². The third-order valence-corrected chi connectivity index (χ3v) is 8.40. The molecule has 5 heteroatoms. The number of ketones is 1. The highest BCUT2D eigenvalue weighted by Crippen LogP contribution is 2.60. The number of Topliss-reactive ketones (excluding diaryl/α,β-unsaturated/α-hetero) is 1. The molecule has 0 saturated heterocycles. The number of hydrogen-bond acceptors (Lipinski definition) is 4. The van der Waals surface area contributed by atoms with E-state index in [-0.39, 0.29) is 23.2 Å². The number of carbonyl (C=O) groups excluding carboxylic acids is 2. The zero-order valence-electron chi connectivity index (χ0n) is 19.0. The average Bonchev–Trinajstić information content (AvgIpc) is 2.80. The van der Waals surface area contributed by atoms with Gasteiger partial charge in [-0.25, -0.2) is 0 Å². The Hall–Kier alpha value is -2.95.